The van der Waals surface area contributed by atoms with Gasteiger partial charge in [0.2, 0.25) is 0 Å². The molecule has 1 aliphatic heterocycles. The van der Waals surface area contributed by atoms with Crippen LogP contribution < -0.4 is 4.90 Å². The van der Waals surface area contributed by atoms with Crippen molar-refractivity contribution in [1.82, 2.24) is 24.3 Å². The Morgan fingerprint density at radius 3 is 3.00 bits per heavy atom. The second-order valence-electron chi connectivity index (χ2n) is 5.97. The van der Waals surface area contributed by atoms with E-state index in [0.29, 0.717) is 5.82 Å². The van der Waals surface area contributed by atoms with Crippen molar-refractivity contribution in [3.05, 3.63) is 36.5 Å². The summed E-state index contributed by atoms with van der Waals surface area (Å²) in [5.41, 5.74) is 2.49. The normalized spacial score (nSPS) is 17.8. The van der Waals surface area contributed by atoms with Gasteiger partial charge >= 0.3 is 0 Å². The number of piperidine rings is 1. The summed E-state index contributed by atoms with van der Waals surface area (Å²) in [7, 11) is 0. The van der Waals surface area contributed by atoms with Gasteiger partial charge in [-0.05, 0) is 32.3 Å². The second-order valence-corrected chi connectivity index (χ2v) is 5.97. The van der Waals surface area contributed by atoms with Gasteiger partial charge in [0.05, 0.1) is 24.2 Å². The topological polar surface area (TPSA) is 83.0 Å². The molecule has 24 heavy (non-hydrogen) atoms. The number of anilines is 1. The molecule has 0 amide bonds. The molecule has 0 bridgehead atoms. The number of fused-ring (bicyclic) bond motifs is 1. The first-order valence-electron chi connectivity index (χ1n) is 8.05. The van der Waals surface area contributed by atoms with Gasteiger partial charge < -0.3 is 4.90 Å². The fourth-order valence-corrected chi connectivity index (χ4v) is 3.12. The van der Waals surface area contributed by atoms with E-state index in [4.69, 9.17) is 4.98 Å². The lowest BCUT2D eigenvalue weighted by Crippen LogP contribution is -2.39. The van der Waals surface area contributed by atoms with E-state index in [1.807, 2.05) is 23.6 Å². The third-order valence-electron chi connectivity index (χ3n) is 4.34. The number of aromatic nitrogens is 5. The minimum absolute atomic E-state index is 0.116. The molecule has 1 unspecified atom stereocenters. The average Bonchev–Trinajstić information content (AvgIpc) is 3.05. The van der Waals surface area contributed by atoms with Crippen molar-refractivity contribution >= 4 is 11.5 Å². The first-order chi connectivity index (χ1) is 11.8. The third kappa shape index (κ3) is 2.46. The van der Waals surface area contributed by atoms with E-state index in [9.17, 15) is 5.26 Å². The standard InChI is InChI=1S/C17H17N7/c1-12-11-24-14(9-21-16(24)10-20-12)17-19-6-5-15(22-17)23-7-3-2-4-13(23)8-18/h5-6,9-11,13H,2-4,7H2,1H3. The minimum Gasteiger partial charge on any atom is -0.340 e. The van der Waals surface area contributed by atoms with Crippen molar-refractivity contribution in [1.29, 1.82) is 5.26 Å². The molecule has 1 saturated heterocycles. The maximum Gasteiger partial charge on any atom is 0.180 e. The number of nitrogens with zero attached hydrogens (tertiary/aromatic N) is 7. The molecule has 1 atom stereocenters. The van der Waals surface area contributed by atoms with Crippen LogP contribution in [0.2, 0.25) is 0 Å². The minimum atomic E-state index is -0.116. The second kappa shape index (κ2) is 5.89. The highest BCUT2D eigenvalue weighted by molar-refractivity contribution is 5.58. The third-order valence-corrected chi connectivity index (χ3v) is 4.34. The Morgan fingerprint density at radius 1 is 1.21 bits per heavy atom. The summed E-state index contributed by atoms with van der Waals surface area (Å²) in [5.74, 6) is 1.40. The highest BCUT2D eigenvalue weighted by Gasteiger charge is 2.24. The predicted octanol–water partition coefficient (Wildman–Crippen LogP) is 2.38. The van der Waals surface area contributed by atoms with Crippen molar-refractivity contribution in [3.8, 4) is 17.6 Å². The molecular formula is C17H17N7. The summed E-state index contributed by atoms with van der Waals surface area (Å²) in [6, 6.07) is 4.14. The summed E-state index contributed by atoms with van der Waals surface area (Å²) < 4.78 is 1.94. The summed E-state index contributed by atoms with van der Waals surface area (Å²) in [4.78, 5) is 19.8. The van der Waals surface area contributed by atoms with E-state index in [-0.39, 0.29) is 6.04 Å². The fourth-order valence-electron chi connectivity index (χ4n) is 3.12. The Bertz CT molecular complexity index is 924. The number of rotatable bonds is 2. The van der Waals surface area contributed by atoms with Crippen LogP contribution in [0.15, 0.2) is 30.9 Å². The number of nitriles is 1. The van der Waals surface area contributed by atoms with E-state index < -0.39 is 0 Å². The quantitative estimate of drug-likeness (QED) is 0.721. The van der Waals surface area contributed by atoms with Gasteiger partial charge in [0.25, 0.3) is 0 Å². The average molecular weight is 319 g/mol. The molecule has 120 valence electrons. The van der Waals surface area contributed by atoms with Crippen LogP contribution in [0.1, 0.15) is 25.0 Å². The van der Waals surface area contributed by atoms with Gasteiger partial charge in [0, 0.05) is 18.9 Å². The molecular weight excluding hydrogens is 302 g/mol. The zero-order valence-electron chi connectivity index (χ0n) is 13.4. The molecule has 1 aliphatic rings. The van der Waals surface area contributed by atoms with Crippen molar-refractivity contribution in [3.63, 3.8) is 0 Å². The lowest BCUT2D eigenvalue weighted by atomic mass is 10.0. The van der Waals surface area contributed by atoms with Gasteiger partial charge in [0.15, 0.2) is 11.5 Å². The van der Waals surface area contributed by atoms with Crippen LogP contribution in [0, 0.1) is 18.3 Å². The van der Waals surface area contributed by atoms with Crippen molar-refractivity contribution in [2.24, 2.45) is 0 Å². The van der Waals surface area contributed by atoms with Gasteiger partial charge in [-0.25, -0.2) is 15.0 Å². The van der Waals surface area contributed by atoms with Gasteiger partial charge in [-0.15, -0.1) is 0 Å². The van der Waals surface area contributed by atoms with Gasteiger partial charge in [-0.1, -0.05) is 0 Å². The molecule has 7 nitrogen and oxygen atoms in total. The SMILES string of the molecule is Cc1cn2c(-c3nccc(N4CCCCC4C#N)n3)cnc2cn1. The molecule has 4 rings (SSSR count). The van der Waals surface area contributed by atoms with Crippen molar-refractivity contribution in [2.45, 2.75) is 32.2 Å². The summed E-state index contributed by atoms with van der Waals surface area (Å²) in [5, 5.41) is 9.39. The zero-order chi connectivity index (χ0) is 16.5. The predicted molar refractivity (Wildman–Crippen MR) is 89.3 cm³/mol. The molecule has 0 saturated carbocycles. The van der Waals surface area contributed by atoms with Crippen LogP contribution in [0.5, 0.6) is 0 Å². The number of imidazole rings is 1. The van der Waals surface area contributed by atoms with Crippen LogP contribution in [0.3, 0.4) is 0 Å². The van der Waals surface area contributed by atoms with E-state index in [1.165, 1.54) is 0 Å². The Balaban J connectivity index is 1.77. The van der Waals surface area contributed by atoms with Crippen LogP contribution >= 0.6 is 0 Å². The van der Waals surface area contributed by atoms with E-state index in [0.717, 1.165) is 48.7 Å². The van der Waals surface area contributed by atoms with Crippen molar-refractivity contribution in [2.75, 3.05) is 11.4 Å². The highest BCUT2D eigenvalue weighted by Crippen LogP contribution is 2.25. The van der Waals surface area contributed by atoms with Crippen LogP contribution in [-0.2, 0) is 0 Å². The van der Waals surface area contributed by atoms with Crippen LogP contribution in [0.4, 0.5) is 5.82 Å². The van der Waals surface area contributed by atoms with E-state index in [1.54, 1.807) is 18.6 Å². The van der Waals surface area contributed by atoms with E-state index >= 15 is 0 Å². The molecule has 0 spiro atoms. The summed E-state index contributed by atoms with van der Waals surface area (Å²) in [6.07, 6.45) is 10.2. The molecule has 0 N–H and O–H groups in total. The zero-order valence-corrected chi connectivity index (χ0v) is 13.4. The van der Waals surface area contributed by atoms with Crippen LogP contribution in [-0.4, -0.2) is 36.9 Å². The monoisotopic (exact) mass is 319 g/mol. The summed E-state index contributed by atoms with van der Waals surface area (Å²) in [6.45, 7) is 2.79. The maximum absolute atomic E-state index is 9.39. The van der Waals surface area contributed by atoms with Gasteiger partial charge in [-0.3, -0.25) is 9.38 Å². The largest absolute Gasteiger partial charge is 0.340 e. The Hall–Kier alpha value is -3.01. The van der Waals surface area contributed by atoms with Gasteiger partial charge in [-0.2, -0.15) is 5.26 Å². The molecule has 0 aliphatic carbocycles. The summed E-state index contributed by atoms with van der Waals surface area (Å²) >= 11 is 0. The molecule has 3 aromatic heterocycles. The Labute approximate surface area is 139 Å². The molecule has 0 aromatic carbocycles. The van der Waals surface area contributed by atoms with Crippen molar-refractivity contribution < 1.29 is 0 Å². The van der Waals surface area contributed by atoms with E-state index in [2.05, 4.69) is 25.9 Å². The molecule has 3 aromatic rings. The van der Waals surface area contributed by atoms with Crippen LogP contribution in [0.25, 0.3) is 17.2 Å². The first kappa shape index (κ1) is 14.6. The molecule has 4 heterocycles. The Kier molecular flexibility index (Phi) is 3.58. The number of aryl methyl sites for hydroxylation is 1. The lowest BCUT2D eigenvalue weighted by molar-refractivity contribution is 0.517. The lowest BCUT2D eigenvalue weighted by Gasteiger charge is -2.32. The molecule has 7 heteroatoms. The Morgan fingerprint density at radius 2 is 2.12 bits per heavy atom. The smallest absolute Gasteiger partial charge is 0.180 e. The number of hydrogen-bond acceptors (Lipinski definition) is 6. The number of hydrogen-bond donors (Lipinski definition) is 0. The molecule has 0 radical (unpaired) electrons. The fraction of sp³-hybridized carbons (Fsp3) is 0.353. The van der Waals surface area contributed by atoms with Gasteiger partial charge in [0.1, 0.15) is 17.6 Å². The highest BCUT2D eigenvalue weighted by atomic mass is 15.2. The first-order valence-corrected chi connectivity index (χ1v) is 8.05. The maximum atomic E-state index is 9.39. The molecule has 1 fully saturated rings.